The maximum absolute atomic E-state index is 11.3. The standard InChI is InChI=1S/C10H12BrNO4/c1-15-4-5-16-10(14)7-12-6-8(11)2-3-9(12)13/h2-3,6H,4-5,7H2,1H3. The van der Waals surface area contributed by atoms with Gasteiger partial charge in [-0.05, 0) is 22.0 Å². The average Bonchev–Trinajstić information content (AvgIpc) is 2.24. The molecule has 0 aliphatic heterocycles. The van der Waals surface area contributed by atoms with Crippen molar-refractivity contribution in [3.05, 3.63) is 33.2 Å². The summed E-state index contributed by atoms with van der Waals surface area (Å²) in [5.74, 6) is -0.461. The van der Waals surface area contributed by atoms with Crippen LogP contribution in [0.1, 0.15) is 0 Å². The van der Waals surface area contributed by atoms with Gasteiger partial charge in [-0.2, -0.15) is 0 Å². The summed E-state index contributed by atoms with van der Waals surface area (Å²) in [5.41, 5.74) is -0.244. The molecule has 5 nitrogen and oxygen atoms in total. The van der Waals surface area contributed by atoms with Crippen molar-refractivity contribution >= 4 is 21.9 Å². The zero-order valence-electron chi connectivity index (χ0n) is 8.81. The molecule has 1 aromatic heterocycles. The Balaban J connectivity index is 2.56. The molecule has 0 amide bonds. The first kappa shape index (κ1) is 12.9. The Morgan fingerprint density at radius 1 is 1.44 bits per heavy atom. The number of pyridine rings is 1. The minimum atomic E-state index is -0.461. The quantitative estimate of drug-likeness (QED) is 0.594. The number of methoxy groups -OCH3 is 1. The highest BCUT2D eigenvalue weighted by atomic mass is 79.9. The van der Waals surface area contributed by atoms with Crippen LogP contribution in [-0.4, -0.2) is 30.9 Å². The topological polar surface area (TPSA) is 57.5 Å². The van der Waals surface area contributed by atoms with E-state index in [-0.39, 0.29) is 18.7 Å². The second kappa shape index (κ2) is 6.44. The molecule has 0 aromatic carbocycles. The van der Waals surface area contributed by atoms with E-state index in [2.05, 4.69) is 15.9 Å². The van der Waals surface area contributed by atoms with Gasteiger partial charge in [0.05, 0.1) is 6.61 Å². The van der Waals surface area contributed by atoms with Gasteiger partial charge in [-0.15, -0.1) is 0 Å². The molecule has 0 unspecified atom stereocenters. The first-order chi connectivity index (χ1) is 7.63. The smallest absolute Gasteiger partial charge is 0.326 e. The van der Waals surface area contributed by atoms with Crippen LogP contribution >= 0.6 is 15.9 Å². The molecule has 1 aromatic rings. The Morgan fingerprint density at radius 2 is 2.19 bits per heavy atom. The Labute approximate surface area is 101 Å². The van der Waals surface area contributed by atoms with E-state index < -0.39 is 5.97 Å². The van der Waals surface area contributed by atoms with Crippen molar-refractivity contribution in [1.29, 1.82) is 0 Å². The fourth-order valence-electron chi connectivity index (χ4n) is 1.05. The predicted octanol–water partition coefficient (Wildman–Crippen LogP) is 0.800. The normalized spacial score (nSPS) is 10.1. The van der Waals surface area contributed by atoms with Crippen LogP contribution in [0.3, 0.4) is 0 Å². The van der Waals surface area contributed by atoms with Crippen molar-refractivity contribution in [2.75, 3.05) is 20.3 Å². The van der Waals surface area contributed by atoms with Crippen molar-refractivity contribution in [1.82, 2.24) is 4.57 Å². The van der Waals surface area contributed by atoms with Gasteiger partial charge in [-0.3, -0.25) is 9.59 Å². The molecule has 1 heterocycles. The van der Waals surface area contributed by atoms with Crippen LogP contribution in [0, 0.1) is 0 Å². The van der Waals surface area contributed by atoms with Gasteiger partial charge in [0.2, 0.25) is 0 Å². The van der Waals surface area contributed by atoms with E-state index >= 15 is 0 Å². The molecule has 16 heavy (non-hydrogen) atoms. The molecule has 0 atom stereocenters. The zero-order chi connectivity index (χ0) is 12.0. The summed E-state index contributed by atoms with van der Waals surface area (Å²) < 4.78 is 11.6. The van der Waals surface area contributed by atoms with E-state index in [1.807, 2.05) is 0 Å². The number of carbonyl (C=O) groups excluding carboxylic acids is 1. The molecule has 0 radical (unpaired) electrons. The summed E-state index contributed by atoms with van der Waals surface area (Å²) in [7, 11) is 1.52. The highest BCUT2D eigenvalue weighted by Crippen LogP contribution is 2.04. The largest absolute Gasteiger partial charge is 0.462 e. The van der Waals surface area contributed by atoms with E-state index in [9.17, 15) is 9.59 Å². The number of carbonyl (C=O) groups is 1. The third-order valence-corrected chi connectivity index (χ3v) is 2.27. The minimum Gasteiger partial charge on any atom is -0.462 e. The Bertz CT molecular complexity index is 416. The first-order valence-electron chi connectivity index (χ1n) is 4.64. The number of halogens is 1. The van der Waals surface area contributed by atoms with E-state index in [4.69, 9.17) is 9.47 Å². The van der Waals surface area contributed by atoms with Gasteiger partial charge in [0.15, 0.2) is 0 Å². The summed E-state index contributed by atoms with van der Waals surface area (Å²) in [5, 5.41) is 0. The summed E-state index contributed by atoms with van der Waals surface area (Å²) >= 11 is 3.22. The van der Waals surface area contributed by atoms with Crippen LogP contribution in [-0.2, 0) is 20.8 Å². The molecule has 0 spiro atoms. The number of esters is 1. The van der Waals surface area contributed by atoms with Crippen molar-refractivity contribution < 1.29 is 14.3 Å². The number of rotatable bonds is 5. The molecule has 88 valence electrons. The fraction of sp³-hybridized carbons (Fsp3) is 0.400. The summed E-state index contributed by atoms with van der Waals surface area (Å²) in [4.78, 5) is 22.6. The highest BCUT2D eigenvalue weighted by Gasteiger charge is 2.05. The Morgan fingerprint density at radius 3 is 2.88 bits per heavy atom. The molecule has 0 bridgehead atoms. The van der Waals surface area contributed by atoms with Crippen molar-refractivity contribution in [2.24, 2.45) is 0 Å². The number of hydrogen-bond donors (Lipinski definition) is 0. The van der Waals surface area contributed by atoms with Crippen LogP contribution in [0.2, 0.25) is 0 Å². The number of aromatic nitrogens is 1. The van der Waals surface area contributed by atoms with Crippen LogP contribution in [0.15, 0.2) is 27.6 Å². The number of ether oxygens (including phenoxy) is 2. The fourth-order valence-corrected chi connectivity index (χ4v) is 1.43. The van der Waals surface area contributed by atoms with Crippen molar-refractivity contribution in [2.45, 2.75) is 6.54 Å². The summed E-state index contributed by atoms with van der Waals surface area (Å²) in [6.45, 7) is 0.444. The molecule has 0 saturated carbocycles. The van der Waals surface area contributed by atoms with Crippen LogP contribution < -0.4 is 5.56 Å². The van der Waals surface area contributed by atoms with Gasteiger partial charge in [0.25, 0.3) is 5.56 Å². The lowest BCUT2D eigenvalue weighted by molar-refractivity contribution is -0.145. The number of nitrogens with zero attached hydrogens (tertiary/aromatic N) is 1. The lowest BCUT2D eigenvalue weighted by atomic mass is 10.4. The van der Waals surface area contributed by atoms with Crippen molar-refractivity contribution in [3.63, 3.8) is 0 Å². The van der Waals surface area contributed by atoms with Gasteiger partial charge in [0, 0.05) is 23.8 Å². The second-order valence-corrected chi connectivity index (χ2v) is 3.94. The average molecular weight is 290 g/mol. The van der Waals surface area contributed by atoms with Crippen LogP contribution in [0.4, 0.5) is 0 Å². The molecule has 0 fully saturated rings. The molecule has 6 heteroatoms. The predicted molar refractivity (Wildman–Crippen MR) is 61.2 cm³/mol. The second-order valence-electron chi connectivity index (χ2n) is 3.03. The molecular weight excluding hydrogens is 278 g/mol. The SMILES string of the molecule is COCCOC(=O)Cn1cc(Br)ccc1=O. The Hall–Kier alpha value is -1.14. The minimum absolute atomic E-state index is 0.0953. The third-order valence-electron chi connectivity index (χ3n) is 1.80. The van der Waals surface area contributed by atoms with Crippen LogP contribution in [0.25, 0.3) is 0 Å². The maximum atomic E-state index is 11.3. The van der Waals surface area contributed by atoms with Crippen LogP contribution in [0.5, 0.6) is 0 Å². The molecule has 0 aliphatic carbocycles. The van der Waals surface area contributed by atoms with Crippen molar-refractivity contribution in [3.8, 4) is 0 Å². The van der Waals surface area contributed by atoms with E-state index in [1.54, 1.807) is 12.3 Å². The molecule has 1 rings (SSSR count). The molecule has 0 aliphatic rings. The monoisotopic (exact) mass is 289 g/mol. The summed E-state index contributed by atoms with van der Waals surface area (Å²) in [6, 6.07) is 3.00. The van der Waals surface area contributed by atoms with Gasteiger partial charge < -0.3 is 14.0 Å². The molecule has 0 N–H and O–H groups in total. The van der Waals surface area contributed by atoms with E-state index in [1.165, 1.54) is 17.7 Å². The lowest BCUT2D eigenvalue weighted by Crippen LogP contribution is -2.24. The van der Waals surface area contributed by atoms with E-state index in [0.29, 0.717) is 6.61 Å². The molecular formula is C10H12BrNO4. The molecule has 0 saturated heterocycles. The number of hydrogen-bond acceptors (Lipinski definition) is 4. The zero-order valence-corrected chi connectivity index (χ0v) is 10.4. The third kappa shape index (κ3) is 4.16. The lowest BCUT2D eigenvalue weighted by Gasteiger charge is -2.06. The van der Waals surface area contributed by atoms with E-state index in [0.717, 1.165) is 4.47 Å². The highest BCUT2D eigenvalue weighted by molar-refractivity contribution is 9.10. The van der Waals surface area contributed by atoms with Gasteiger partial charge >= 0.3 is 5.97 Å². The maximum Gasteiger partial charge on any atom is 0.326 e. The summed E-state index contributed by atoms with van der Waals surface area (Å²) in [6.07, 6.45) is 1.54. The van der Waals surface area contributed by atoms with Gasteiger partial charge in [0.1, 0.15) is 13.2 Å². The van der Waals surface area contributed by atoms with Gasteiger partial charge in [-0.25, -0.2) is 0 Å². The van der Waals surface area contributed by atoms with Gasteiger partial charge in [-0.1, -0.05) is 0 Å². The first-order valence-corrected chi connectivity index (χ1v) is 5.43. The Kier molecular flexibility index (Phi) is 5.21.